The van der Waals surface area contributed by atoms with Gasteiger partial charge in [-0.1, -0.05) is 25.9 Å². The first kappa shape index (κ1) is 15.2. The van der Waals surface area contributed by atoms with Gasteiger partial charge in [0, 0.05) is 20.3 Å². The molecular formula is C11H25N3O2. The lowest BCUT2D eigenvalue weighted by Crippen LogP contribution is -2.45. The van der Waals surface area contributed by atoms with Gasteiger partial charge in [0.25, 0.3) is 0 Å². The first-order valence-electron chi connectivity index (χ1n) is 5.66. The van der Waals surface area contributed by atoms with Crippen LogP contribution in [0.5, 0.6) is 0 Å². The molecule has 96 valence electrons. The van der Waals surface area contributed by atoms with Crippen LogP contribution in [0.4, 0.5) is 0 Å². The van der Waals surface area contributed by atoms with Crippen LogP contribution in [-0.4, -0.2) is 37.3 Å². The molecule has 0 aliphatic rings. The van der Waals surface area contributed by atoms with Crippen LogP contribution in [0.2, 0.25) is 0 Å². The fourth-order valence-electron chi connectivity index (χ4n) is 1.39. The highest BCUT2D eigenvalue weighted by atomic mass is 16.5. The topological polar surface area (TPSA) is 79.9 Å². The maximum absolute atomic E-state index is 8.61. The molecule has 0 saturated heterocycles. The summed E-state index contributed by atoms with van der Waals surface area (Å²) in [7, 11) is 1.70. The Morgan fingerprint density at radius 2 is 2.19 bits per heavy atom. The van der Waals surface area contributed by atoms with Crippen LogP contribution in [0.1, 0.15) is 33.6 Å². The monoisotopic (exact) mass is 231 g/mol. The van der Waals surface area contributed by atoms with E-state index in [1.165, 1.54) is 0 Å². The fourth-order valence-corrected chi connectivity index (χ4v) is 1.39. The number of nitrogens with two attached hydrogens (primary N) is 1. The van der Waals surface area contributed by atoms with Gasteiger partial charge in [-0.15, -0.1) is 0 Å². The van der Waals surface area contributed by atoms with E-state index in [4.69, 9.17) is 15.7 Å². The van der Waals surface area contributed by atoms with Gasteiger partial charge in [0.05, 0.1) is 6.04 Å². The molecule has 0 heterocycles. The van der Waals surface area contributed by atoms with Crippen LogP contribution >= 0.6 is 0 Å². The van der Waals surface area contributed by atoms with Crippen molar-refractivity contribution in [2.75, 3.05) is 20.3 Å². The lowest BCUT2D eigenvalue weighted by molar-refractivity contribution is 0.150. The number of nitrogens with one attached hydrogen (secondary N) is 1. The van der Waals surface area contributed by atoms with E-state index in [-0.39, 0.29) is 17.3 Å². The van der Waals surface area contributed by atoms with Crippen LogP contribution in [0.25, 0.3) is 0 Å². The minimum atomic E-state index is -0.0631. The predicted octanol–water partition coefficient (Wildman–Crippen LogP) is 1.16. The molecule has 4 N–H and O–H groups in total. The van der Waals surface area contributed by atoms with Crippen molar-refractivity contribution >= 4 is 5.84 Å². The number of methoxy groups -OCH3 is 1. The summed E-state index contributed by atoms with van der Waals surface area (Å²) in [6.45, 7) is 7.88. The Balaban J connectivity index is 4.09. The van der Waals surface area contributed by atoms with Crippen molar-refractivity contribution in [1.29, 1.82) is 0 Å². The molecule has 1 atom stereocenters. The first-order valence-corrected chi connectivity index (χ1v) is 5.66. The van der Waals surface area contributed by atoms with Gasteiger partial charge in [-0.05, 0) is 18.3 Å². The number of nitrogens with zero attached hydrogens (tertiary/aromatic N) is 1. The number of rotatable bonds is 8. The largest absolute Gasteiger partial charge is 0.409 e. The Morgan fingerprint density at radius 1 is 1.56 bits per heavy atom. The standard InChI is InChI=1S/C11H25N3O2/c1-5-9(10(12)14-15)13-8-11(2,3)6-7-16-4/h9,13,15H,5-8H2,1-4H3,(H2,12,14). The highest BCUT2D eigenvalue weighted by Crippen LogP contribution is 2.19. The number of ether oxygens (including phenoxy) is 1. The second-order valence-electron chi connectivity index (χ2n) is 4.77. The average molecular weight is 231 g/mol. The third-order valence-corrected chi connectivity index (χ3v) is 2.69. The van der Waals surface area contributed by atoms with E-state index in [9.17, 15) is 0 Å². The molecule has 5 nitrogen and oxygen atoms in total. The van der Waals surface area contributed by atoms with E-state index in [1.54, 1.807) is 7.11 Å². The molecule has 0 aromatic rings. The number of hydrogen-bond donors (Lipinski definition) is 3. The summed E-state index contributed by atoms with van der Waals surface area (Å²) in [5.41, 5.74) is 5.71. The quantitative estimate of drug-likeness (QED) is 0.253. The molecule has 5 heteroatoms. The maximum Gasteiger partial charge on any atom is 0.156 e. The molecule has 0 fully saturated rings. The Hall–Kier alpha value is -0.810. The van der Waals surface area contributed by atoms with Crippen LogP contribution in [0.3, 0.4) is 0 Å². The van der Waals surface area contributed by atoms with Gasteiger partial charge in [-0.25, -0.2) is 0 Å². The minimum absolute atomic E-state index is 0.0631. The third kappa shape index (κ3) is 5.92. The molecule has 0 saturated carbocycles. The zero-order valence-corrected chi connectivity index (χ0v) is 10.8. The van der Waals surface area contributed by atoms with Gasteiger partial charge in [0.1, 0.15) is 0 Å². The second kappa shape index (κ2) is 7.46. The van der Waals surface area contributed by atoms with Crippen molar-refractivity contribution < 1.29 is 9.94 Å². The zero-order valence-electron chi connectivity index (χ0n) is 10.8. The lowest BCUT2D eigenvalue weighted by Gasteiger charge is -2.27. The molecule has 0 radical (unpaired) electrons. The van der Waals surface area contributed by atoms with Crippen molar-refractivity contribution in [1.82, 2.24) is 5.32 Å². The average Bonchev–Trinajstić information content (AvgIpc) is 2.26. The molecule has 1 unspecified atom stereocenters. The summed E-state index contributed by atoms with van der Waals surface area (Å²) < 4.78 is 5.06. The highest BCUT2D eigenvalue weighted by molar-refractivity contribution is 5.85. The van der Waals surface area contributed by atoms with Gasteiger partial charge in [0.15, 0.2) is 5.84 Å². The van der Waals surface area contributed by atoms with Crippen LogP contribution in [-0.2, 0) is 4.74 Å². The maximum atomic E-state index is 8.61. The van der Waals surface area contributed by atoms with E-state index >= 15 is 0 Å². The van der Waals surface area contributed by atoms with Gasteiger partial charge in [-0.2, -0.15) is 0 Å². The molecule has 0 spiro atoms. The first-order chi connectivity index (χ1) is 7.46. The second-order valence-corrected chi connectivity index (χ2v) is 4.77. The molecule has 0 amide bonds. The van der Waals surface area contributed by atoms with Crippen LogP contribution in [0, 0.1) is 5.41 Å². The van der Waals surface area contributed by atoms with Crippen molar-refractivity contribution in [2.45, 2.75) is 39.7 Å². The summed E-state index contributed by atoms with van der Waals surface area (Å²) in [5.74, 6) is 0.241. The summed E-state index contributed by atoms with van der Waals surface area (Å²) >= 11 is 0. The Kier molecular flexibility index (Phi) is 7.08. The Morgan fingerprint density at radius 3 is 2.62 bits per heavy atom. The lowest BCUT2D eigenvalue weighted by atomic mass is 9.89. The van der Waals surface area contributed by atoms with Crippen molar-refractivity contribution in [2.24, 2.45) is 16.3 Å². The molecule has 0 aliphatic heterocycles. The molecule has 0 bridgehead atoms. The number of amidine groups is 1. The molecule has 0 rings (SSSR count). The molecular weight excluding hydrogens is 206 g/mol. The highest BCUT2D eigenvalue weighted by Gasteiger charge is 2.20. The molecule has 0 aromatic heterocycles. The Bertz CT molecular complexity index is 217. The van der Waals surface area contributed by atoms with E-state index in [0.717, 1.165) is 26.0 Å². The van der Waals surface area contributed by atoms with E-state index in [2.05, 4.69) is 24.3 Å². The van der Waals surface area contributed by atoms with Crippen LogP contribution < -0.4 is 11.1 Å². The smallest absolute Gasteiger partial charge is 0.156 e. The summed E-state index contributed by atoms with van der Waals surface area (Å²) in [5, 5.41) is 14.9. The number of hydrogen-bond acceptors (Lipinski definition) is 4. The van der Waals surface area contributed by atoms with E-state index < -0.39 is 0 Å². The van der Waals surface area contributed by atoms with Gasteiger partial charge < -0.3 is 21.0 Å². The predicted molar refractivity (Wildman–Crippen MR) is 65.8 cm³/mol. The van der Waals surface area contributed by atoms with Gasteiger partial charge in [-0.3, -0.25) is 0 Å². The number of oxime groups is 1. The Labute approximate surface area is 98.0 Å². The molecule has 16 heavy (non-hydrogen) atoms. The van der Waals surface area contributed by atoms with Crippen molar-refractivity contribution in [3.63, 3.8) is 0 Å². The summed E-state index contributed by atoms with van der Waals surface area (Å²) in [6.07, 6.45) is 1.78. The summed E-state index contributed by atoms with van der Waals surface area (Å²) in [4.78, 5) is 0. The van der Waals surface area contributed by atoms with E-state index in [1.807, 2.05) is 6.92 Å². The zero-order chi connectivity index (χ0) is 12.6. The fraction of sp³-hybridized carbons (Fsp3) is 0.909. The third-order valence-electron chi connectivity index (χ3n) is 2.69. The minimum Gasteiger partial charge on any atom is -0.409 e. The van der Waals surface area contributed by atoms with E-state index in [0.29, 0.717) is 0 Å². The van der Waals surface area contributed by atoms with Crippen LogP contribution in [0.15, 0.2) is 5.16 Å². The summed E-state index contributed by atoms with van der Waals surface area (Å²) in [6, 6.07) is -0.0631. The van der Waals surface area contributed by atoms with Crippen molar-refractivity contribution in [3.8, 4) is 0 Å². The van der Waals surface area contributed by atoms with Crippen molar-refractivity contribution in [3.05, 3.63) is 0 Å². The molecule has 0 aliphatic carbocycles. The van der Waals surface area contributed by atoms with Gasteiger partial charge >= 0.3 is 0 Å². The SMILES string of the molecule is CCC(NCC(C)(C)CCOC)C(N)=NO. The normalized spacial score (nSPS) is 15.1. The molecule has 0 aromatic carbocycles. The van der Waals surface area contributed by atoms with Gasteiger partial charge in [0.2, 0.25) is 0 Å².